The molecule has 5 aromatic rings. The fourth-order valence-corrected chi connectivity index (χ4v) is 4.54. The fourth-order valence-electron chi connectivity index (χ4n) is 3.58. The van der Waals surface area contributed by atoms with Crippen molar-refractivity contribution in [3.05, 3.63) is 93.9 Å². The van der Waals surface area contributed by atoms with Gasteiger partial charge in [0.05, 0.1) is 28.4 Å². The molecule has 0 saturated carbocycles. The predicted molar refractivity (Wildman–Crippen MR) is 134 cm³/mol. The summed E-state index contributed by atoms with van der Waals surface area (Å²) < 4.78 is 1.96. The number of halogens is 1. The molecule has 34 heavy (non-hydrogen) atoms. The van der Waals surface area contributed by atoms with Crippen LogP contribution in [0.15, 0.2) is 82.7 Å². The molecule has 0 spiro atoms. The van der Waals surface area contributed by atoms with E-state index in [1.165, 1.54) is 11.8 Å². The van der Waals surface area contributed by atoms with Gasteiger partial charge in [-0.1, -0.05) is 65.8 Å². The molecule has 0 bridgehead atoms. The van der Waals surface area contributed by atoms with Crippen LogP contribution in [-0.2, 0) is 11.3 Å². The van der Waals surface area contributed by atoms with Crippen LogP contribution >= 0.6 is 23.4 Å². The molecule has 0 radical (unpaired) electrons. The molecule has 0 aliphatic heterocycles. The summed E-state index contributed by atoms with van der Waals surface area (Å²) in [5.74, 6) is 0.576. The van der Waals surface area contributed by atoms with Gasteiger partial charge >= 0.3 is 5.69 Å². The van der Waals surface area contributed by atoms with Crippen LogP contribution in [0, 0.1) is 0 Å². The Hall–Kier alpha value is -3.82. The van der Waals surface area contributed by atoms with Gasteiger partial charge in [-0.25, -0.2) is 4.79 Å². The van der Waals surface area contributed by atoms with Gasteiger partial charge in [0.1, 0.15) is 0 Å². The Morgan fingerprint density at radius 2 is 1.74 bits per heavy atom. The van der Waals surface area contributed by atoms with Crippen LogP contribution in [0.3, 0.4) is 0 Å². The lowest BCUT2D eigenvalue weighted by Gasteiger charge is -2.11. The number of H-pyrrole nitrogens is 2. The number of rotatable bonds is 7. The van der Waals surface area contributed by atoms with Crippen molar-refractivity contribution in [3.8, 4) is 11.4 Å². The van der Waals surface area contributed by atoms with E-state index >= 15 is 0 Å². The quantitative estimate of drug-likeness (QED) is 0.290. The molecule has 0 fully saturated rings. The molecular formula is C24H19ClN6O2S. The van der Waals surface area contributed by atoms with E-state index in [1.54, 1.807) is 18.2 Å². The van der Waals surface area contributed by atoms with Crippen LogP contribution in [0.1, 0.15) is 5.56 Å². The minimum absolute atomic E-state index is 0.136. The van der Waals surface area contributed by atoms with Crippen LogP contribution in [0.25, 0.3) is 22.4 Å². The Morgan fingerprint density at radius 1 is 0.971 bits per heavy atom. The van der Waals surface area contributed by atoms with Gasteiger partial charge in [0.25, 0.3) is 0 Å². The molecular weight excluding hydrogens is 472 g/mol. The molecule has 5 rings (SSSR count). The van der Waals surface area contributed by atoms with Crippen molar-refractivity contribution >= 4 is 46.0 Å². The molecule has 170 valence electrons. The average Bonchev–Trinajstić information content (AvgIpc) is 3.40. The Kier molecular flexibility index (Phi) is 6.20. The number of amides is 1. The second kappa shape index (κ2) is 9.58. The molecule has 0 aliphatic rings. The molecule has 0 aliphatic carbocycles. The maximum atomic E-state index is 12.6. The molecule has 2 heterocycles. The normalized spacial score (nSPS) is 11.1. The number of aromatic nitrogens is 5. The van der Waals surface area contributed by atoms with Gasteiger partial charge in [0.15, 0.2) is 11.0 Å². The maximum absolute atomic E-state index is 12.6. The lowest BCUT2D eigenvalue weighted by atomic mass is 10.2. The lowest BCUT2D eigenvalue weighted by molar-refractivity contribution is -0.113. The van der Waals surface area contributed by atoms with Gasteiger partial charge in [-0.2, -0.15) is 0 Å². The first-order valence-corrected chi connectivity index (χ1v) is 11.8. The number of hydrogen-bond acceptors (Lipinski definition) is 5. The molecule has 0 atom stereocenters. The average molecular weight is 491 g/mol. The summed E-state index contributed by atoms with van der Waals surface area (Å²) >= 11 is 7.72. The molecule has 10 heteroatoms. The van der Waals surface area contributed by atoms with E-state index in [0.29, 0.717) is 39.3 Å². The summed E-state index contributed by atoms with van der Waals surface area (Å²) in [4.78, 5) is 29.4. The Balaban J connectivity index is 1.36. The number of imidazole rings is 1. The van der Waals surface area contributed by atoms with Gasteiger partial charge in [0, 0.05) is 11.3 Å². The number of thioether (sulfide) groups is 1. The number of nitrogens with zero attached hydrogens (tertiary/aromatic N) is 3. The minimum Gasteiger partial charge on any atom is -0.325 e. The second-order valence-electron chi connectivity index (χ2n) is 7.53. The third-order valence-electron chi connectivity index (χ3n) is 5.15. The first-order valence-electron chi connectivity index (χ1n) is 10.4. The van der Waals surface area contributed by atoms with Crippen LogP contribution in [0.5, 0.6) is 0 Å². The Morgan fingerprint density at radius 3 is 2.56 bits per heavy atom. The monoisotopic (exact) mass is 490 g/mol. The molecule has 1 amide bonds. The smallest absolute Gasteiger partial charge is 0.323 e. The SMILES string of the molecule is O=C(CSc1nnc(-c2ccccc2Cl)n1Cc1ccccc1)Nc1ccc2[nH]c(=O)[nH]c2c1. The number of carbonyl (C=O) groups is 1. The van der Waals surface area contributed by atoms with E-state index in [1.807, 2.05) is 59.2 Å². The number of aromatic amines is 2. The van der Waals surface area contributed by atoms with Crippen LogP contribution in [0.2, 0.25) is 5.02 Å². The largest absolute Gasteiger partial charge is 0.325 e. The van der Waals surface area contributed by atoms with E-state index in [2.05, 4.69) is 25.5 Å². The van der Waals surface area contributed by atoms with Crippen molar-refractivity contribution in [3.63, 3.8) is 0 Å². The van der Waals surface area contributed by atoms with E-state index in [0.717, 1.165) is 11.1 Å². The Labute approximate surface area is 203 Å². The van der Waals surface area contributed by atoms with Crippen LogP contribution < -0.4 is 11.0 Å². The zero-order chi connectivity index (χ0) is 23.5. The van der Waals surface area contributed by atoms with E-state index < -0.39 is 0 Å². The lowest BCUT2D eigenvalue weighted by Crippen LogP contribution is -2.14. The highest BCUT2D eigenvalue weighted by atomic mass is 35.5. The highest BCUT2D eigenvalue weighted by molar-refractivity contribution is 7.99. The number of carbonyl (C=O) groups excluding carboxylic acids is 1. The van der Waals surface area contributed by atoms with E-state index in [-0.39, 0.29) is 17.3 Å². The molecule has 3 N–H and O–H groups in total. The van der Waals surface area contributed by atoms with Crippen molar-refractivity contribution in [2.24, 2.45) is 0 Å². The number of fused-ring (bicyclic) bond motifs is 1. The van der Waals surface area contributed by atoms with Gasteiger partial charge in [-0.15, -0.1) is 10.2 Å². The highest BCUT2D eigenvalue weighted by Gasteiger charge is 2.18. The summed E-state index contributed by atoms with van der Waals surface area (Å²) in [5, 5.41) is 12.8. The number of benzene rings is 3. The number of nitrogens with one attached hydrogen (secondary N) is 3. The van der Waals surface area contributed by atoms with Crippen molar-refractivity contribution in [2.45, 2.75) is 11.7 Å². The van der Waals surface area contributed by atoms with Gasteiger partial charge in [-0.3, -0.25) is 9.36 Å². The molecule has 0 unspecified atom stereocenters. The van der Waals surface area contributed by atoms with E-state index in [9.17, 15) is 9.59 Å². The first kappa shape index (κ1) is 22.0. The van der Waals surface area contributed by atoms with Gasteiger partial charge in [0.2, 0.25) is 5.91 Å². The third kappa shape index (κ3) is 4.75. The molecule has 8 nitrogen and oxygen atoms in total. The number of hydrogen-bond donors (Lipinski definition) is 3. The van der Waals surface area contributed by atoms with Crippen molar-refractivity contribution in [1.29, 1.82) is 0 Å². The number of anilines is 1. The van der Waals surface area contributed by atoms with Crippen molar-refractivity contribution in [2.75, 3.05) is 11.1 Å². The Bertz CT molecular complexity index is 1530. The molecule has 2 aromatic heterocycles. The third-order valence-corrected chi connectivity index (χ3v) is 6.44. The fraction of sp³-hybridized carbons (Fsp3) is 0.0833. The summed E-state index contributed by atoms with van der Waals surface area (Å²) in [6, 6.07) is 22.6. The van der Waals surface area contributed by atoms with Crippen molar-refractivity contribution < 1.29 is 4.79 Å². The topological polar surface area (TPSA) is 108 Å². The summed E-state index contributed by atoms with van der Waals surface area (Å²) in [7, 11) is 0. The summed E-state index contributed by atoms with van der Waals surface area (Å²) in [6.45, 7) is 0.538. The van der Waals surface area contributed by atoms with Crippen LogP contribution in [-0.4, -0.2) is 36.4 Å². The highest BCUT2D eigenvalue weighted by Crippen LogP contribution is 2.30. The zero-order valence-electron chi connectivity index (χ0n) is 17.8. The van der Waals surface area contributed by atoms with Crippen molar-refractivity contribution in [1.82, 2.24) is 24.7 Å². The first-order chi connectivity index (χ1) is 16.6. The molecule has 3 aromatic carbocycles. The van der Waals surface area contributed by atoms with Crippen LogP contribution in [0.4, 0.5) is 5.69 Å². The maximum Gasteiger partial charge on any atom is 0.323 e. The predicted octanol–water partition coefficient (Wildman–Crippen LogP) is 4.55. The standard InChI is InChI=1S/C24H19ClN6O2S/c25-18-9-5-4-8-17(18)22-29-30-24(31(22)13-15-6-2-1-3-7-15)34-14-21(32)26-16-10-11-19-20(12-16)28-23(33)27-19/h1-12H,13-14H2,(H,26,32)(H2,27,28,33). The van der Waals surface area contributed by atoms with E-state index in [4.69, 9.17) is 11.6 Å². The summed E-state index contributed by atoms with van der Waals surface area (Å²) in [5.41, 5.74) is 3.46. The molecule has 0 saturated heterocycles. The second-order valence-corrected chi connectivity index (χ2v) is 8.88. The summed E-state index contributed by atoms with van der Waals surface area (Å²) in [6.07, 6.45) is 0. The minimum atomic E-state index is -0.291. The van der Waals surface area contributed by atoms with Gasteiger partial charge in [-0.05, 0) is 35.9 Å². The zero-order valence-corrected chi connectivity index (χ0v) is 19.4. The van der Waals surface area contributed by atoms with Gasteiger partial charge < -0.3 is 15.3 Å².